The summed E-state index contributed by atoms with van der Waals surface area (Å²) < 4.78 is 47.8. The molecule has 2 bridgehead atoms. The quantitative estimate of drug-likeness (QED) is 0.241. The SMILES string of the molecule is C=C[C@@H]1CN2CCC1C[C@H]2[C@H](O)c1ccnc2ccc(OC)cc12.O=S(=O)(O)O.OC1=CCC2(CCC23CC=C(O)O3)O1. The molecule has 12 nitrogen and oxygen atoms in total. The van der Waals surface area contributed by atoms with E-state index >= 15 is 0 Å². The monoisotopic (exact) mass is 618 g/mol. The van der Waals surface area contributed by atoms with Crippen LogP contribution in [-0.4, -0.2) is 80.2 Å². The summed E-state index contributed by atoms with van der Waals surface area (Å²) in [4.78, 5) is 6.86. The lowest BCUT2D eigenvalue weighted by Crippen LogP contribution is -2.62. The number of nitrogens with zero attached hydrogens (tertiary/aromatic N) is 2. The van der Waals surface area contributed by atoms with Gasteiger partial charge in [-0.3, -0.25) is 19.0 Å². The number of aliphatic hydroxyl groups is 3. The lowest BCUT2D eigenvalue weighted by Gasteiger charge is -2.53. The molecule has 0 radical (unpaired) electrons. The lowest BCUT2D eigenvalue weighted by molar-refractivity contribution is -0.240. The molecule has 5 N–H and O–H groups in total. The maximum atomic E-state index is 11.2. The minimum atomic E-state index is -4.67. The number of rotatable bonds is 4. The van der Waals surface area contributed by atoms with Crippen LogP contribution in [-0.2, 0) is 19.9 Å². The lowest BCUT2D eigenvalue weighted by atomic mass is 9.63. The van der Waals surface area contributed by atoms with E-state index in [1.165, 1.54) is 6.42 Å². The zero-order valence-corrected chi connectivity index (χ0v) is 24.7. The van der Waals surface area contributed by atoms with Crippen molar-refractivity contribution in [3.05, 3.63) is 72.7 Å². The molecule has 7 atom stereocenters. The van der Waals surface area contributed by atoms with E-state index in [0.717, 1.165) is 54.6 Å². The van der Waals surface area contributed by atoms with Gasteiger partial charge in [-0.1, -0.05) is 6.08 Å². The Kier molecular flexibility index (Phi) is 8.65. The van der Waals surface area contributed by atoms with E-state index < -0.39 is 27.7 Å². The third-order valence-corrected chi connectivity index (χ3v) is 9.40. The fourth-order valence-electron chi connectivity index (χ4n) is 7.06. The van der Waals surface area contributed by atoms with Crippen LogP contribution in [0.3, 0.4) is 0 Å². The maximum Gasteiger partial charge on any atom is 0.394 e. The summed E-state index contributed by atoms with van der Waals surface area (Å²) in [6.07, 6.45) is 12.0. The van der Waals surface area contributed by atoms with E-state index in [0.29, 0.717) is 24.7 Å². The minimum absolute atomic E-state index is 0.0148. The summed E-state index contributed by atoms with van der Waals surface area (Å²) in [5.74, 6) is 1.98. The fraction of sp³-hybridized carbons (Fsp3) is 0.500. The van der Waals surface area contributed by atoms with Gasteiger partial charge in [0, 0.05) is 49.2 Å². The first-order chi connectivity index (χ1) is 20.4. The highest BCUT2D eigenvalue weighted by Gasteiger charge is 2.66. The molecule has 1 aliphatic carbocycles. The molecule has 6 heterocycles. The molecular formula is C30H38N2O10S. The standard InChI is InChI=1S/C20H24N2O2.C10H12O4.H2O4S/c1-3-13-12-22-9-7-14(13)10-19(22)20(23)16-6-8-21-18-5-4-15(24-2)11-17(16)18;11-7-1-3-9(13-7)5-6-10(9)4-2-8(12)14-10;1-5(2,3)4/h3-6,8,11,13-14,19-20,23H,1,7,9-10,12H2,2H3;1-2,11-12H,3-6H2;(H2,1,2,3,4)/t13-,14?,19+,20-;;/m1../s1. The van der Waals surface area contributed by atoms with Gasteiger partial charge in [-0.05, 0) is 73.9 Å². The molecule has 4 unspecified atom stereocenters. The second-order valence-electron chi connectivity index (χ2n) is 11.6. The molecule has 1 saturated carbocycles. The van der Waals surface area contributed by atoms with Gasteiger partial charge >= 0.3 is 10.4 Å². The molecule has 0 amide bonds. The Morgan fingerprint density at radius 2 is 1.74 bits per heavy atom. The number of fused-ring (bicyclic) bond motifs is 5. The highest BCUT2D eigenvalue weighted by Crippen LogP contribution is 2.58. The van der Waals surface area contributed by atoms with Crippen LogP contribution < -0.4 is 4.74 Å². The van der Waals surface area contributed by atoms with Crippen molar-refractivity contribution in [1.82, 2.24) is 9.88 Å². The van der Waals surface area contributed by atoms with E-state index in [1.807, 2.05) is 24.3 Å². The van der Waals surface area contributed by atoms with Crippen molar-refractivity contribution in [2.75, 3.05) is 20.2 Å². The van der Waals surface area contributed by atoms with Gasteiger partial charge in [0.1, 0.15) is 5.75 Å². The van der Waals surface area contributed by atoms with Gasteiger partial charge in [-0.2, -0.15) is 8.42 Å². The molecule has 2 aromatic rings. The average molecular weight is 619 g/mol. The van der Waals surface area contributed by atoms with Crippen LogP contribution in [0.2, 0.25) is 0 Å². The number of piperidine rings is 3. The van der Waals surface area contributed by atoms with Crippen molar-refractivity contribution in [1.29, 1.82) is 0 Å². The number of benzene rings is 1. The van der Waals surface area contributed by atoms with Crippen LogP contribution >= 0.6 is 0 Å². The minimum Gasteiger partial charge on any atom is -0.497 e. The van der Waals surface area contributed by atoms with Crippen LogP contribution in [0.4, 0.5) is 0 Å². The Morgan fingerprint density at radius 3 is 2.21 bits per heavy atom. The molecule has 8 rings (SSSR count). The highest BCUT2D eigenvalue weighted by molar-refractivity contribution is 7.79. The number of ether oxygens (including phenoxy) is 3. The van der Waals surface area contributed by atoms with E-state index in [9.17, 15) is 15.3 Å². The topological polar surface area (TPSA) is 179 Å². The Labute approximate surface area is 250 Å². The molecule has 2 spiro atoms. The fourth-order valence-corrected chi connectivity index (χ4v) is 7.06. The molecule has 5 aliphatic heterocycles. The highest BCUT2D eigenvalue weighted by atomic mass is 32.3. The summed E-state index contributed by atoms with van der Waals surface area (Å²) in [5, 5.41) is 30.6. The first-order valence-electron chi connectivity index (χ1n) is 14.2. The number of aromatic nitrogens is 1. The van der Waals surface area contributed by atoms with Gasteiger partial charge in [0.25, 0.3) is 11.9 Å². The molecule has 3 saturated heterocycles. The van der Waals surface area contributed by atoms with Crippen LogP contribution in [0.15, 0.2) is 67.2 Å². The van der Waals surface area contributed by atoms with Crippen molar-refractivity contribution >= 4 is 21.3 Å². The van der Waals surface area contributed by atoms with Crippen molar-refractivity contribution < 1.29 is 47.1 Å². The first-order valence-corrected chi connectivity index (χ1v) is 15.6. The molecule has 4 fully saturated rings. The summed E-state index contributed by atoms with van der Waals surface area (Å²) in [7, 11) is -3.01. The zero-order valence-electron chi connectivity index (χ0n) is 23.9. The summed E-state index contributed by atoms with van der Waals surface area (Å²) in [6.45, 7) is 6.07. The summed E-state index contributed by atoms with van der Waals surface area (Å²) >= 11 is 0. The molecular weight excluding hydrogens is 580 g/mol. The average Bonchev–Trinajstić information content (AvgIpc) is 3.61. The van der Waals surface area contributed by atoms with Crippen molar-refractivity contribution in [2.45, 2.75) is 61.9 Å². The largest absolute Gasteiger partial charge is 0.497 e. The third kappa shape index (κ3) is 6.31. The summed E-state index contributed by atoms with van der Waals surface area (Å²) in [6, 6.07) is 7.96. The van der Waals surface area contributed by atoms with Gasteiger partial charge in [0.2, 0.25) is 0 Å². The molecule has 234 valence electrons. The Morgan fingerprint density at radius 1 is 1.12 bits per heavy atom. The second kappa shape index (κ2) is 12.0. The summed E-state index contributed by atoms with van der Waals surface area (Å²) in [5.41, 5.74) is 0.981. The third-order valence-electron chi connectivity index (χ3n) is 9.40. The number of pyridine rings is 1. The van der Waals surface area contributed by atoms with Crippen LogP contribution in [0.25, 0.3) is 10.9 Å². The van der Waals surface area contributed by atoms with Gasteiger partial charge in [-0.25, -0.2) is 0 Å². The second-order valence-corrected chi connectivity index (χ2v) is 12.5. The van der Waals surface area contributed by atoms with Crippen LogP contribution in [0.1, 0.15) is 50.2 Å². The van der Waals surface area contributed by atoms with Crippen LogP contribution in [0.5, 0.6) is 5.75 Å². The van der Waals surface area contributed by atoms with E-state index in [4.69, 9.17) is 31.7 Å². The van der Waals surface area contributed by atoms with Crippen molar-refractivity contribution in [2.24, 2.45) is 11.8 Å². The molecule has 13 heteroatoms. The Balaban J connectivity index is 0.000000163. The van der Waals surface area contributed by atoms with Gasteiger partial charge in [-0.15, -0.1) is 6.58 Å². The normalized spacial score (nSPS) is 32.7. The Bertz CT molecular complexity index is 1490. The molecule has 1 aromatic heterocycles. The van der Waals surface area contributed by atoms with Crippen molar-refractivity contribution in [3.63, 3.8) is 0 Å². The van der Waals surface area contributed by atoms with Gasteiger partial charge < -0.3 is 29.5 Å². The molecule has 1 aromatic carbocycles. The van der Waals surface area contributed by atoms with Gasteiger partial charge in [0.05, 0.1) is 18.7 Å². The van der Waals surface area contributed by atoms with E-state index in [1.54, 1.807) is 25.5 Å². The molecule has 6 aliphatic rings. The number of hydrogen-bond acceptors (Lipinski definition) is 10. The Hall–Kier alpha value is -3.36. The predicted octanol–water partition coefficient (Wildman–Crippen LogP) is 4.42. The van der Waals surface area contributed by atoms with E-state index in [2.05, 4.69) is 22.5 Å². The first kappa shape index (κ1) is 31.1. The predicted molar refractivity (Wildman–Crippen MR) is 157 cm³/mol. The van der Waals surface area contributed by atoms with E-state index in [-0.39, 0.29) is 17.9 Å². The number of aliphatic hydroxyl groups excluding tert-OH is 3. The number of hydrogen-bond donors (Lipinski definition) is 5. The smallest absolute Gasteiger partial charge is 0.394 e. The van der Waals surface area contributed by atoms with Crippen molar-refractivity contribution in [3.8, 4) is 5.75 Å². The zero-order chi connectivity index (χ0) is 31.0. The molecule has 43 heavy (non-hydrogen) atoms. The number of methoxy groups -OCH3 is 1. The van der Waals surface area contributed by atoms with Gasteiger partial charge in [0.15, 0.2) is 11.2 Å². The van der Waals surface area contributed by atoms with Crippen LogP contribution in [0, 0.1) is 11.8 Å². The maximum absolute atomic E-state index is 11.2.